The van der Waals surface area contributed by atoms with Crippen molar-refractivity contribution in [2.45, 2.75) is 48.9 Å². The third kappa shape index (κ3) is 7.56. The molecule has 0 aromatic heterocycles. The van der Waals surface area contributed by atoms with Crippen molar-refractivity contribution in [3.05, 3.63) is 59.1 Å². The molecule has 0 aliphatic rings. The molecule has 0 radical (unpaired) electrons. The molecule has 32 heavy (non-hydrogen) atoms. The summed E-state index contributed by atoms with van der Waals surface area (Å²) in [6, 6.07) is 11.3. The first-order valence-electron chi connectivity index (χ1n) is 10.1. The molecular formula is C21H27ClN2O6S2. The van der Waals surface area contributed by atoms with E-state index in [4.69, 9.17) is 16.3 Å². The van der Waals surface area contributed by atoms with Crippen molar-refractivity contribution < 1.29 is 26.4 Å². The zero-order valence-electron chi connectivity index (χ0n) is 17.9. The van der Waals surface area contributed by atoms with Crippen molar-refractivity contribution in [3.8, 4) is 0 Å². The minimum Gasteiger partial charge on any atom is -0.465 e. The lowest BCUT2D eigenvalue weighted by atomic mass is 10.1. The Balaban J connectivity index is 1.96. The van der Waals surface area contributed by atoms with Crippen LogP contribution in [0.4, 0.5) is 0 Å². The predicted molar refractivity (Wildman–Crippen MR) is 122 cm³/mol. The van der Waals surface area contributed by atoms with Crippen LogP contribution in [0, 0.1) is 6.92 Å². The van der Waals surface area contributed by atoms with Crippen LogP contribution in [0.5, 0.6) is 0 Å². The molecule has 0 aliphatic heterocycles. The van der Waals surface area contributed by atoms with Crippen molar-refractivity contribution in [2.75, 3.05) is 13.2 Å². The van der Waals surface area contributed by atoms with E-state index in [0.717, 1.165) is 5.56 Å². The number of carbonyl (C=O) groups is 1. The van der Waals surface area contributed by atoms with E-state index < -0.39 is 32.1 Å². The Kier molecular flexibility index (Phi) is 9.65. The summed E-state index contributed by atoms with van der Waals surface area (Å²) in [6.07, 6.45) is 0.911. The van der Waals surface area contributed by atoms with E-state index >= 15 is 0 Å². The third-order valence-corrected chi connectivity index (χ3v) is 7.99. The molecule has 0 spiro atoms. The van der Waals surface area contributed by atoms with Crippen molar-refractivity contribution in [1.29, 1.82) is 0 Å². The van der Waals surface area contributed by atoms with Gasteiger partial charge in [-0.1, -0.05) is 41.4 Å². The zero-order chi connectivity index (χ0) is 23.8. The summed E-state index contributed by atoms with van der Waals surface area (Å²) in [6.45, 7) is 3.73. The number of hydrogen-bond donors (Lipinski definition) is 2. The molecule has 2 aromatic rings. The van der Waals surface area contributed by atoms with Crippen LogP contribution in [0.15, 0.2) is 58.3 Å². The standard InChI is InChI=1S/C21H27ClN2O6S2/c1-3-30-21(25)19(24-32(28,29)20-10-5-4-8-18(20)22)9-6-7-15-23-31(26,27)17-13-11-16(2)12-14-17/h4-5,8,10-14,19,23-24H,3,6-7,9,15H2,1-2H3. The van der Waals surface area contributed by atoms with Crippen LogP contribution in [0.1, 0.15) is 31.7 Å². The fourth-order valence-electron chi connectivity index (χ4n) is 2.86. The lowest BCUT2D eigenvalue weighted by Gasteiger charge is -2.18. The predicted octanol–water partition coefficient (Wildman–Crippen LogP) is 3.01. The molecule has 0 saturated heterocycles. The second-order valence-electron chi connectivity index (χ2n) is 7.06. The first kappa shape index (κ1) is 26.3. The molecule has 2 rings (SSSR count). The lowest BCUT2D eigenvalue weighted by molar-refractivity contribution is -0.145. The van der Waals surface area contributed by atoms with E-state index in [2.05, 4.69) is 9.44 Å². The van der Waals surface area contributed by atoms with Gasteiger partial charge in [0.1, 0.15) is 10.9 Å². The van der Waals surface area contributed by atoms with Crippen LogP contribution < -0.4 is 9.44 Å². The van der Waals surface area contributed by atoms with E-state index in [9.17, 15) is 21.6 Å². The topological polar surface area (TPSA) is 119 Å². The SMILES string of the molecule is CCOC(=O)C(CCCCNS(=O)(=O)c1ccc(C)cc1)NS(=O)(=O)c1ccccc1Cl. The lowest BCUT2D eigenvalue weighted by Crippen LogP contribution is -2.42. The molecule has 2 aromatic carbocycles. The minimum atomic E-state index is -4.05. The van der Waals surface area contributed by atoms with Gasteiger partial charge in [0.25, 0.3) is 0 Å². The van der Waals surface area contributed by atoms with E-state index in [0.29, 0.717) is 12.8 Å². The van der Waals surface area contributed by atoms with Gasteiger partial charge in [0.2, 0.25) is 20.0 Å². The Hall–Kier alpha value is -1.98. The molecule has 176 valence electrons. The van der Waals surface area contributed by atoms with Gasteiger partial charge >= 0.3 is 5.97 Å². The normalized spacial score (nSPS) is 13.0. The Bertz CT molecular complexity index is 1120. The summed E-state index contributed by atoms with van der Waals surface area (Å²) >= 11 is 5.98. The maximum Gasteiger partial charge on any atom is 0.324 e. The van der Waals surface area contributed by atoms with Gasteiger partial charge in [0.05, 0.1) is 16.5 Å². The number of hydrogen-bond acceptors (Lipinski definition) is 6. The number of ether oxygens (including phenoxy) is 1. The van der Waals surface area contributed by atoms with Crippen LogP contribution in [0.2, 0.25) is 5.02 Å². The molecule has 2 N–H and O–H groups in total. The summed E-state index contributed by atoms with van der Waals surface area (Å²) in [5.41, 5.74) is 0.952. The average Bonchev–Trinajstić information content (AvgIpc) is 2.73. The molecule has 0 aliphatic carbocycles. The van der Waals surface area contributed by atoms with Gasteiger partial charge in [-0.25, -0.2) is 21.6 Å². The second kappa shape index (κ2) is 11.8. The number of rotatable bonds is 12. The quantitative estimate of drug-likeness (QED) is 0.340. The molecule has 1 atom stereocenters. The number of nitrogens with one attached hydrogen (secondary N) is 2. The van der Waals surface area contributed by atoms with Crippen molar-refractivity contribution in [1.82, 2.24) is 9.44 Å². The van der Waals surface area contributed by atoms with Crippen LogP contribution >= 0.6 is 11.6 Å². The van der Waals surface area contributed by atoms with Crippen LogP contribution in [0.3, 0.4) is 0 Å². The summed E-state index contributed by atoms with van der Waals surface area (Å²) in [5, 5.41) is 0.0353. The number of sulfonamides is 2. The number of carbonyl (C=O) groups excluding carboxylic acids is 1. The maximum absolute atomic E-state index is 12.7. The number of benzene rings is 2. The van der Waals surface area contributed by atoms with Crippen LogP contribution in [-0.2, 0) is 29.6 Å². The fraction of sp³-hybridized carbons (Fsp3) is 0.381. The highest BCUT2D eigenvalue weighted by Crippen LogP contribution is 2.21. The highest BCUT2D eigenvalue weighted by molar-refractivity contribution is 7.89. The number of esters is 1. The summed E-state index contributed by atoms with van der Waals surface area (Å²) in [4.78, 5) is 12.3. The molecule has 0 bridgehead atoms. The maximum atomic E-state index is 12.7. The van der Waals surface area contributed by atoms with E-state index in [1.807, 2.05) is 6.92 Å². The van der Waals surface area contributed by atoms with Crippen LogP contribution in [-0.4, -0.2) is 42.0 Å². The molecule has 1 unspecified atom stereocenters. The van der Waals surface area contributed by atoms with Gasteiger partial charge < -0.3 is 4.74 Å². The minimum absolute atomic E-state index is 0.0353. The second-order valence-corrected chi connectivity index (χ2v) is 10.9. The van der Waals surface area contributed by atoms with Gasteiger partial charge in [0, 0.05) is 6.54 Å². The highest BCUT2D eigenvalue weighted by atomic mass is 35.5. The Morgan fingerprint density at radius 2 is 1.66 bits per heavy atom. The van der Waals surface area contributed by atoms with Gasteiger partial charge in [-0.2, -0.15) is 4.72 Å². The average molecular weight is 503 g/mol. The molecule has 0 amide bonds. The van der Waals surface area contributed by atoms with Crippen molar-refractivity contribution >= 4 is 37.6 Å². The van der Waals surface area contributed by atoms with Crippen molar-refractivity contribution in [3.63, 3.8) is 0 Å². The first-order valence-corrected chi connectivity index (χ1v) is 13.4. The first-order chi connectivity index (χ1) is 15.1. The largest absolute Gasteiger partial charge is 0.465 e. The van der Waals surface area contributed by atoms with E-state index in [-0.39, 0.29) is 34.4 Å². The summed E-state index contributed by atoms with van der Waals surface area (Å²) < 4.78 is 59.8. The Morgan fingerprint density at radius 1 is 1.00 bits per heavy atom. The Morgan fingerprint density at radius 3 is 2.28 bits per heavy atom. The van der Waals surface area contributed by atoms with E-state index in [1.165, 1.54) is 30.3 Å². The highest BCUT2D eigenvalue weighted by Gasteiger charge is 2.27. The molecule has 11 heteroatoms. The van der Waals surface area contributed by atoms with Gasteiger partial charge in [-0.15, -0.1) is 0 Å². The fourth-order valence-corrected chi connectivity index (χ4v) is 5.67. The number of halogens is 1. The molecule has 8 nitrogen and oxygen atoms in total. The molecular weight excluding hydrogens is 476 g/mol. The zero-order valence-corrected chi connectivity index (χ0v) is 20.3. The van der Waals surface area contributed by atoms with Gasteiger partial charge in [-0.3, -0.25) is 4.79 Å². The summed E-state index contributed by atoms with van der Waals surface area (Å²) in [5.74, 6) is -0.705. The molecule has 0 heterocycles. The number of aryl methyl sites for hydroxylation is 1. The molecule has 0 fully saturated rings. The molecule has 0 saturated carbocycles. The van der Waals surface area contributed by atoms with Crippen LogP contribution in [0.25, 0.3) is 0 Å². The van der Waals surface area contributed by atoms with Gasteiger partial charge in [-0.05, 0) is 57.4 Å². The smallest absolute Gasteiger partial charge is 0.324 e. The summed E-state index contributed by atoms with van der Waals surface area (Å²) in [7, 11) is -7.69. The number of unbranched alkanes of at least 4 members (excludes halogenated alkanes) is 1. The van der Waals surface area contributed by atoms with Crippen molar-refractivity contribution in [2.24, 2.45) is 0 Å². The monoisotopic (exact) mass is 502 g/mol. The van der Waals surface area contributed by atoms with Gasteiger partial charge in [0.15, 0.2) is 0 Å². The third-order valence-electron chi connectivity index (χ3n) is 4.54. The Labute approximate surface area is 194 Å². The van der Waals surface area contributed by atoms with E-state index in [1.54, 1.807) is 25.1 Å².